The fourth-order valence-electron chi connectivity index (χ4n) is 4.41. The molecule has 0 amide bonds. The van der Waals surface area contributed by atoms with Crippen molar-refractivity contribution in [3.05, 3.63) is 0 Å². The van der Waals surface area contributed by atoms with E-state index in [-0.39, 0.29) is 5.60 Å². The average molecular weight is 281 g/mol. The summed E-state index contributed by atoms with van der Waals surface area (Å²) in [6, 6.07) is 0.589. The van der Waals surface area contributed by atoms with Crippen LogP contribution in [0.3, 0.4) is 0 Å². The minimum absolute atomic E-state index is 0.144. The van der Waals surface area contributed by atoms with Gasteiger partial charge in [0.25, 0.3) is 0 Å². The fourth-order valence-corrected chi connectivity index (χ4v) is 4.41. The molecule has 2 rings (SSSR count). The maximum atomic E-state index is 6.38. The second-order valence-corrected chi connectivity index (χ2v) is 6.95. The summed E-state index contributed by atoms with van der Waals surface area (Å²) < 4.78 is 6.38. The van der Waals surface area contributed by atoms with Gasteiger partial charge in [-0.15, -0.1) is 0 Å². The van der Waals surface area contributed by atoms with Gasteiger partial charge in [-0.25, -0.2) is 0 Å². The molecule has 0 saturated heterocycles. The Balaban J connectivity index is 2.03. The molecule has 2 fully saturated rings. The molecule has 2 saturated carbocycles. The van der Waals surface area contributed by atoms with E-state index in [1.165, 1.54) is 70.6 Å². The average Bonchev–Trinajstić information content (AvgIpc) is 2.97. The summed E-state index contributed by atoms with van der Waals surface area (Å²) in [7, 11) is 0. The molecular weight excluding hydrogens is 246 g/mol. The molecule has 0 spiro atoms. The van der Waals surface area contributed by atoms with Crippen LogP contribution >= 0.6 is 0 Å². The number of rotatable bonds is 8. The van der Waals surface area contributed by atoms with Gasteiger partial charge in [-0.3, -0.25) is 0 Å². The lowest BCUT2D eigenvalue weighted by Crippen LogP contribution is -2.54. The van der Waals surface area contributed by atoms with Crippen LogP contribution in [0.4, 0.5) is 0 Å². The Morgan fingerprint density at radius 1 is 1.05 bits per heavy atom. The summed E-state index contributed by atoms with van der Waals surface area (Å²) in [5.41, 5.74) is 0.144. The monoisotopic (exact) mass is 281 g/mol. The van der Waals surface area contributed by atoms with E-state index in [4.69, 9.17) is 4.74 Å². The van der Waals surface area contributed by atoms with Crippen molar-refractivity contribution in [2.75, 3.05) is 13.2 Å². The highest BCUT2D eigenvalue weighted by molar-refractivity contribution is 4.97. The summed E-state index contributed by atoms with van der Waals surface area (Å²) in [5, 5.41) is 3.87. The highest BCUT2D eigenvalue weighted by atomic mass is 16.5. The molecule has 2 aliphatic rings. The number of hydrogen-bond donors (Lipinski definition) is 1. The number of hydrogen-bond acceptors (Lipinski definition) is 2. The van der Waals surface area contributed by atoms with Crippen molar-refractivity contribution in [3.63, 3.8) is 0 Å². The largest absolute Gasteiger partial charge is 0.374 e. The maximum absolute atomic E-state index is 6.38. The second-order valence-electron chi connectivity index (χ2n) is 6.95. The summed E-state index contributed by atoms with van der Waals surface area (Å²) >= 11 is 0. The molecule has 118 valence electrons. The van der Waals surface area contributed by atoms with Gasteiger partial charge in [0.15, 0.2) is 0 Å². The van der Waals surface area contributed by atoms with Crippen LogP contribution in [0.1, 0.15) is 84.5 Å². The quantitative estimate of drug-likeness (QED) is 0.698. The molecule has 0 heterocycles. The van der Waals surface area contributed by atoms with Crippen molar-refractivity contribution >= 4 is 0 Å². The first-order valence-electron chi connectivity index (χ1n) is 9.18. The van der Waals surface area contributed by atoms with Crippen LogP contribution in [0.25, 0.3) is 0 Å². The van der Waals surface area contributed by atoms with E-state index in [1.54, 1.807) is 0 Å². The van der Waals surface area contributed by atoms with Crippen LogP contribution in [0.5, 0.6) is 0 Å². The Bertz CT molecular complexity index is 249. The van der Waals surface area contributed by atoms with Gasteiger partial charge < -0.3 is 10.1 Å². The van der Waals surface area contributed by atoms with Crippen molar-refractivity contribution in [2.45, 2.75) is 96.1 Å². The topological polar surface area (TPSA) is 21.3 Å². The third-order valence-corrected chi connectivity index (χ3v) is 5.45. The van der Waals surface area contributed by atoms with Gasteiger partial charge in [-0.2, -0.15) is 0 Å². The summed E-state index contributed by atoms with van der Waals surface area (Å²) in [4.78, 5) is 0. The van der Waals surface area contributed by atoms with E-state index in [1.807, 2.05) is 0 Å². The van der Waals surface area contributed by atoms with Crippen molar-refractivity contribution < 1.29 is 4.74 Å². The van der Waals surface area contributed by atoms with Crippen LogP contribution in [-0.2, 0) is 4.74 Å². The standard InChI is InChI=1S/C18H35NO/c1-3-14-19-17(15-16-10-6-7-11-16)18(20-4-2)12-8-5-9-13-18/h16-17,19H,3-15H2,1-2H3. The van der Waals surface area contributed by atoms with E-state index in [0.29, 0.717) is 6.04 Å². The summed E-state index contributed by atoms with van der Waals surface area (Å²) in [6.45, 7) is 6.46. The summed E-state index contributed by atoms with van der Waals surface area (Å²) in [6.07, 6.45) is 15.0. The van der Waals surface area contributed by atoms with Crippen molar-refractivity contribution in [1.82, 2.24) is 5.32 Å². The van der Waals surface area contributed by atoms with Crippen molar-refractivity contribution in [1.29, 1.82) is 0 Å². The third kappa shape index (κ3) is 4.21. The predicted octanol–water partition coefficient (Wildman–Crippen LogP) is 4.67. The van der Waals surface area contributed by atoms with Gasteiger partial charge in [-0.05, 0) is 45.1 Å². The molecule has 0 radical (unpaired) electrons. The van der Waals surface area contributed by atoms with E-state index in [2.05, 4.69) is 19.2 Å². The molecule has 1 N–H and O–H groups in total. The Labute approximate surface area is 126 Å². The van der Waals surface area contributed by atoms with Gasteiger partial charge >= 0.3 is 0 Å². The Morgan fingerprint density at radius 2 is 1.75 bits per heavy atom. The highest BCUT2D eigenvalue weighted by Crippen LogP contribution is 2.39. The highest BCUT2D eigenvalue weighted by Gasteiger charge is 2.41. The minimum atomic E-state index is 0.144. The normalized spacial score (nSPS) is 24.9. The van der Waals surface area contributed by atoms with Crippen LogP contribution in [-0.4, -0.2) is 24.8 Å². The molecule has 0 aromatic heterocycles. The molecule has 1 atom stereocenters. The van der Waals surface area contributed by atoms with E-state index in [9.17, 15) is 0 Å². The Morgan fingerprint density at radius 3 is 2.35 bits per heavy atom. The van der Waals surface area contributed by atoms with Crippen LogP contribution < -0.4 is 5.32 Å². The molecule has 20 heavy (non-hydrogen) atoms. The van der Waals surface area contributed by atoms with Gasteiger partial charge in [0, 0.05) is 12.6 Å². The van der Waals surface area contributed by atoms with Gasteiger partial charge in [0.1, 0.15) is 0 Å². The SMILES string of the molecule is CCCNC(CC1CCCC1)C1(OCC)CCCCC1. The molecule has 2 aliphatic carbocycles. The molecule has 2 nitrogen and oxygen atoms in total. The predicted molar refractivity (Wildman–Crippen MR) is 86.1 cm³/mol. The van der Waals surface area contributed by atoms with E-state index < -0.39 is 0 Å². The zero-order chi connectivity index (χ0) is 14.3. The van der Waals surface area contributed by atoms with Crippen LogP contribution in [0.15, 0.2) is 0 Å². The van der Waals surface area contributed by atoms with Crippen molar-refractivity contribution in [3.8, 4) is 0 Å². The molecule has 0 bridgehead atoms. The van der Waals surface area contributed by atoms with Gasteiger partial charge in [-0.1, -0.05) is 51.9 Å². The van der Waals surface area contributed by atoms with E-state index in [0.717, 1.165) is 19.1 Å². The van der Waals surface area contributed by atoms with Gasteiger partial charge in [0.05, 0.1) is 5.60 Å². The lowest BCUT2D eigenvalue weighted by molar-refractivity contribution is -0.0941. The molecular formula is C18H35NO. The Kier molecular flexibility index (Phi) is 6.83. The molecule has 0 aromatic rings. The first kappa shape index (κ1) is 16.3. The smallest absolute Gasteiger partial charge is 0.0834 e. The first-order valence-corrected chi connectivity index (χ1v) is 9.18. The van der Waals surface area contributed by atoms with Crippen LogP contribution in [0, 0.1) is 5.92 Å². The molecule has 0 aromatic carbocycles. The fraction of sp³-hybridized carbons (Fsp3) is 1.00. The van der Waals surface area contributed by atoms with E-state index >= 15 is 0 Å². The van der Waals surface area contributed by atoms with Crippen molar-refractivity contribution in [2.24, 2.45) is 5.92 Å². The molecule has 1 unspecified atom stereocenters. The lowest BCUT2D eigenvalue weighted by atomic mass is 9.75. The first-order chi connectivity index (χ1) is 9.80. The number of ether oxygens (including phenoxy) is 1. The lowest BCUT2D eigenvalue weighted by Gasteiger charge is -2.44. The second kappa shape index (κ2) is 8.38. The molecule has 2 heteroatoms. The Hall–Kier alpha value is -0.0800. The minimum Gasteiger partial charge on any atom is -0.374 e. The van der Waals surface area contributed by atoms with Gasteiger partial charge in [0.2, 0.25) is 0 Å². The zero-order valence-electron chi connectivity index (χ0n) is 13.8. The molecule has 0 aliphatic heterocycles. The number of nitrogens with one attached hydrogen (secondary N) is 1. The van der Waals surface area contributed by atoms with Crippen LogP contribution in [0.2, 0.25) is 0 Å². The summed E-state index contributed by atoms with van der Waals surface area (Å²) in [5.74, 6) is 0.948. The maximum Gasteiger partial charge on any atom is 0.0834 e. The zero-order valence-corrected chi connectivity index (χ0v) is 13.8. The third-order valence-electron chi connectivity index (χ3n) is 5.45.